The molecular weight excluding hydrogens is 324 g/mol. The summed E-state index contributed by atoms with van der Waals surface area (Å²) in [5.74, 6) is 0. The standard InChI is InChI=1S/C18H26N2O5/c1-18(2,3)25-17(22)20-11-12-23-15(20)9-10-19-16(21)24-13-14-7-5-4-6-8-14/h4-8,15H,9-13H2,1-3H3,(H,19,21). The highest BCUT2D eigenvalue weighted by molar-refractivity contribution is 5.69. The molecular formula is C18H26N2O5. The number of hydrogen-bond donors (Lipinski definition) is 1. The van der Waals surface area contributed by atoms with Crippen LogP contribution in [0.3, 0.4) is 0 Å². The minimum absolute atomic E-state index is 0.219. The highest BCUT2D eigenvalue weighted by Crippen LogP contribution is 2.18. The molecule has 2 amide bonds. The van der Waals surface area contributed by atoms with Crippen LogP contribution < -0.4 is 5.32 Å². The van der Waals surface area contributed by atoms with E-state index in [0.717, 1.165) is 5.56 Å². The molecule has 0 aliphatic carbocycles. The molecule has 1 saturated heterocycles. The molecule has 1 aromatic rings. The molecule has 0 radical (unpaired) electrons. The summed E-state index contributed by atoms with van der Waals surface area (Å²) in [7, 11) is 0. The number of rotatable bonds is 5. The number of carbonyl (C=O) groups excluding carboxylic acids is 2. The quantitative estimate of drug-likeness (QED) is 0.883. The van der Waals surface area contributed by atoms with Gasteiger partial charge in [0.15, 0.2) is 0 Å². The third kappa shape index (κ3) is 6.62. The van der Waals surface area contributed by atoms with Gasteiger partial charge in [-0.3, -0.25) is 4.90 Å². The highest BCUT2D eigenvalue weighted by atomic mass is 16.6. The van der Waals surface area contributed by atoms with E-state index in [4.69, 9.17) is 14.2 Å². The Morgan fingerprint density at radius 3 is 2.68 bits per heavy atom. The molecule has 1 aliphatic heterocycles. The summed E-state index contributed by atoms with van der Waals surface area (Å²) in [4.78, 5) is 25.4. The van der Waals surface area contributed by atoms with Crippen molar-refractivity contribution < 1.29 is 23.8 Å². The predicted molar refractivity (Wildman–Crippen MR) is 91.9 cm³/mol. The normalized spacial score (nSPS) is 17.2. The number of benzene rings is 1. The molecule has 1 fully saturated rings. The molecule has 1 atom stereocenters. The smallest absolute Gasteiger partial charge is 0.412 e. The number of carbonyl (C=O) groups is 2. The topological polar surface area (TPSA) is 77.1 Å². The van der Waals surface area contributed by atoms with Crippen molar-refractivity contribution in [3.63, 3.8) is 0 Å². The Morgan fingerprint density at radius 1 is 1.28 bits per heavy atom. The minimum atomic E-state index is -0.552. The van der Waals surface area contributed by atoms with Crippen LogP contribution in [-0.2, 0) is 20.8 Å². The molecule has 25 heavy (non-hydrogen) atoms. The van der Waals surface area contributed by atoms with Crippen LogP contribution in [0.4, 0.5) is 9.59 Å². The monoisotopic (exact) mass is 350 g/mol. The summed E-state index contributed by atoms with van der Waals surface area (Å²) < 4.78 is 16.0. The first-order valence-corrected chi connectivity index (χ1v) is 8.41. The van der Waals surface area contributed by atoms with Crippen LogP contribution in [0, 0.1) is 0 Å². The third-order valence-electron chi connectivity index (χ3n) is 3.49. The van der Waals surface area contributed by atoms with Gasteiger partial charge in [0.2, 0.25) is 0 Å². The van der Waals surface area contributed by atoms with E-state index in [1.807, 2.05) is 51.1 Å². The zero-order valence-corrected chi connectivity index (χ0v) is 15.0. The van der Waals surface area contributed by atoms with Gasteiger partial charge in [0.25, 0.3) is 0 Å². The maximum atomic E-state index is 12.1. The number of alkyl carbamates (subject to hydrolysis) is 1. The van der Waals surface area contributed by atoms with Crippen molar-refractivity contribution in [1.82, 2.24) is 10.2 Å². The van der Waals surface area contributed by atoms with Crippen molar-refractivity contribution in [3.8, 4) is 0 Å². The lowest BCUT2D eigenvalue weighted by Gasteiger charge is -2.27. The van der Waals surface area contributed by atoms with Gasteiger partial charge >= 0.3 is 12.2 Å². The van der Waals surface area contributed by atoms with Gasteiger partial charge in [0.05, 0.1) is 13.2 Å². The molecule has 1 aliphatic rings. The van der Waals surface area contributed by atoms with Gasteiger partial charge < -0.3 is 19.5 Å². The Balaban J connectivity index is 1.69. The second-order valence-electron chi connectivity index (χ2n) is 6.78. The van der Waals surface area contributed by atoms with Crippen LogP contribution in [0.25, 0.3) is 0 Å². The van der Waals surface area contributed by atoms with E-state index in [2.05, 4.69) is 5.32 Å². The number of amides is 2. The van der Waals surface area contributed by atoms with Gasteiger partial charge in [-0.05, 0) is 26.3 Å². The highest BCUT2D eigenvalue weighted by Gasteiger charge is 2.32. The number of nitrogens with one attached hydrogen (secondary N) is 1. The van der Waals surface area contributed by atoms with Crippen LogP contribution in [0.1, 0.15) is 32.8 Å². The van der Waals surface area contributed by atoms with Crippen molar-refractivity contribution in [2.75, 3.05) is 19.7 Å². The van der Waals surface area contributed by atoms with Crippen LogP contribution >= 0.6 is 0 Å². The van der Waals surface area contributed by atoms with E-state index in [1.165, 1.54) is 0 Å². The average Bonchev–Trinajstić information content (AvgIpc) is 3.01. The molecule has 1 heterocycles. The van der Waals surface area contributed by atoms with Crippen LogP contribution in [0.2, 0.25) is 0 Å². The van der Waals surface area contributed by atoms with Gasteiger partial charge in [0.1, 0.15) is 18.4 Å². The Morgan fingerprint density at radius 2 is 2.00 bits per heavy atom. The van der Waals surface area contributed by atoms with Gasteiger partial charge in [-0.2, -0.15) is 0 Å². The summed E-state index contributed by atoms with van der Waals surface area (Å²) in [6.07, 6.45) is -0.823. The first-order chi connectivity index (χ1) is 11.8. The summed E-state index contributed by atoms with van der Waals surface area (Å²) in [5, 5.41) is 2.67. The molecule has 1 aromatic carbocycles. The second-order valence-corrected chi connectivity index (χ2v) is 6.78. The third-order valence-corrected chi connectivity index (χ3v) is 3.49. The SMILES string of the molecule is CC(C)(C)OC(=O)N1CCOC1CCNC(=O)OCc1ccccc1. The predicted octanol–water partition coefficient (Wildman–Crippen LogP) is 2.90. The molecule has 0 aromatic heterocycles. The Hall–Kier alpha value is -2.28. The maximum Gasteiger partial charge on any atom is 0.412 e. The van der Waals surface area contributed by atoms with Crippen molar-refractivity contribution in [3.05, 3.63) is 35.9 Å². The molecule has 1 unspecified atom stereocenters. The molecule has 0 bridgehead atoms. The van der Waals surface area contributed by atoms with Crippen LogP contribution in [0.5, 0.6) is 0 Å². The number of hydrogen-bond acceptors (Lipinski definition) is 5. The summed E-state index contributed by atoms with van der Waals surface area (Å²) >= 11 is 0. The minimum Gasteiger partial charge on any atom is -0.445 e. The molecule has 0 saturated carbocycles. The van der Waals surface area contributed by atoms with Gasteiger partial charge in [0, 0.05) is 13.0 Å². The molecule has 7 heteroatoms. The van der Waals surface area contributed by atoms with Crippen molar-refractivity contribution in [1.29, 1.82) is 0 Å². The lowest BCUT2D eigenvalue weighted by atomic mass is 10.2. The summed E-state index contributed by atoms with van der Waals surface area (Å²) in [5.41, 5.74) is 0.372. The zero-order valence-electron chi connectivity index (χ0n) is 15.0. The van der Waals surface area contributed by atoms with E-state index < -0.39 is 24.0 Å². The fourth-order valence-corrected chi connectivity index (χ4v) is 2.36. The van der Waals surface area contributed by atoms with Crippen molar-refractivity contribution in [2.45, 2.75) is 45.6 Å². The summed E-state index contributed by atoms with van der Waals surface area (Å²) in [6, 6.07) is 9.46. The molecule has 138 valence electrons. The molecule has 0 spiro atoms. The van der Waals surface area contributed by atoms with Gasteiger partial charge in [-0.15, -0.1) is 0 Å². The fraction of sp³-hybridized carbons (Fsp3) is 0.556. The Labute approximate surface area is 148 Å². The van der Waals surface area contributed by atoms with Crippen LogP contribution in [-0.4, -0.2) is 48.6 Å². The Kier molecular flexibility index (Phi) is 6.64. The van der Waals surface area contributed by atoms with Crippen molar-refractivity contribution in [2.24, 2.45) is 0 Å². The summed E-state index contributed by atoms with van der Waals surface area (Å²) in [6.45, 7) is 6.97. The van der Waals surface area contributed by atoms with Crippen molar-refractivity contribution >= 4 is 12.2 Å². The first-order valence-electron chi connectivity index (χ1n) is 8.41. The fourth-order valence-electron chi connectivity index (χ4n) is 2.36. The van der Waals surface area contributed by atoms with E-state index in [1.54, 1.807) is 4.90 Å². The molecule has 7 nitrogen and oxygen atoms in total. The zero-order chi connectivity index (χ0) is 18.3. The maximum absolute atomic E-state index is 12.1. The van der Waals surface area contributed by atoms with E-state index in [9.17, 15) is 9.59 Å². The van der Waals surface area contributed by atoms with E-state index in [-0.39, 0.29) is 6.61 Å². The number of nitrogens with zero attached hydrogens (tertiary/aromatic N) is 1. The number of ether oxygens (including phenoxy) is 3. The molecule has 2 rings (SSSR count). The van der Waals surface area contributed by atoms with E-state index in [0.29, 0.717) is 26.1 Å². The molecule has 1 N–H and O–H groups in total. The van der Waals surface area contributed by atoms with Gasteiger partial charge in [-0.1, -0.05) is 30.3 Å². The second kappa shape index (κ2) is 8.71. The lowest BCUT2D eigenvalue weighted by Crippen LogP contribution is -2.41. The largest absolute Gasteiger partial charge is 0.445 e. The van der Waals surface area contributed by atoms with Crippen LogP contribution in [0.15, 0.2) is 30.3 Å². The van der Waals surface area contributed by atoms with Gasteiger partial charge in [-0.25, -0.2) is 9.59 Å². The average molecular weight is 350 g/mol. The lowest BCUT2D eigenvalue weighted by molar-refractivity contribution is -0.0111. The first kappa shape index (κ1) is 19.1. The Bertz CT molecular complexity index is 571. The van der Waals surface area contributed by atoms with E-state index >= 15 is 0 Å².